The van der Waals surface area contributed by atoms with Gasteiger partial charge < -0.3 is 5.32 Å². The van der Waals surface area contributed by atoms with Gasteiger partial charge in [-0.05, 0) is 44.5 Å². The monoisotopic (exact) mass is 358 g/mol. The Morgan fingerprint density at radius 1 is 1.32 bits per heavy atom. The fraction of sp³-hybridized carbons (Fsp3) is 0.538. The smallest absolute Gasteiger partial charge is 0.313 e. The van der Waals surface area contributed by atoms with E-state index < -0.39 is 21.8 Å². The number of sulfonamides is 1. The molecule has 2 atom stereocenters. The number of halogens is 4. The van der Waals surface area contributed by atoms with E-state index in [1.807, 2.05) is 6.92 Å². The molecular weight excluding hydrogens is 341 g/mol. The standard InChI is InChI=1S/C13H17F3N2O2S.ClH/c1-9-12(6-3-7-17-9)18-21(19,20)11-5-2-4-10(8-11)13(14,15)16;/h2,4-5,8-9,12,17-18H,3,6-7H2,1H3;1H. The van der Waals surface area contributed by atoms with Crippen molar-refractivity contribution in [1.82, 2.24) is 10.0 Å². The Labute approximate surface area is 133 Å². The Hall–Kier alpha value is -0.830. The lowest BCUT2D eigenvalue weighted by Crippen LogP contribution is -2.51. The van der Waals surface area contributed by atoms with Crippen LogP contribution in [-0.2, 0) is 16.2 Å². The van der Waals surface area contributed by atoms with E-state index in [0.29, 0.717) is 12.5 Å². The molecule has 1 heterocycles. The SMILES string of the molecule is CC1NCCCC1NS(=O)(=O)c1cccc(C(F)(F)F)c1.Cl. The van der Waals surface area contributed by atoms with Crippen molar-refractivity contribution >= 4 is 22.4 Å². The van der Waals surface area contributed by atoms with Crippen LogP contribution in [0.25, 0.3) is 0 Å². The summed E-state index contributed by atoms with van der Waals surface area (Å²) in [5, 5.41) is 3.13. The normalized spacial score (nSPS) is 22.9. The van der Waals surface area contributed by atoms with Crippen LogP contribution in [0.2, 0.25) is 0 Å². The summed E-state index contributed by atoms with van der Waals surface area (Å²) in [7, 11) is -3.97. The van der Waals surface area contributed by atoms with E-state index in [1.165, 1.54) is 6.07 Å². The first-order chi connectivity index (χ1) is 9.70. The number of benzene rings is 1. The van der Waals surface area contributed by atoms with Gasteiger partial charge in [0.15, 0.2) is 0 Å². The lowest BCUT2D eigenvalue weighted by Gasteiger charge is -2.30. The Morgan fingerprint density at radius 3 is 2.59 bits per heavy atom. The van der Waals surface area contributed by atoms with Gasteiger partial charge in [-0.1, -0.05) is 6.07 Å². The lowest BCUT2D eigenvalue weighted by atomic mass is 10.0. The maximum atomic E-state index is 12.7. The molecule has 1 aromatic carbocycles. The molecule has 0 bridgehead atoms. The number of rotatable bonds is 3. The molecule has 0 aliphatic carbocycles. The van der Waals surface area contributed by atoms with Gasteiger partial charge in [0.25, 0.3) is 0 Å². The summed E-state index contributed by atoms with van der Waals surface area (Å²) in [6.07, 6.45) is -3.09. The van der Waals surface area contributed by atoms with Crippen molar-refractivity contribution in [2.24, 2.45) is 0 Å². The molecule has 0 amide bonds. The third-order valence-electron chi connectivity index (χ3n) is 3.54. The Balaban J connectivity index is 0.00000242. The van der Waals surface area contributed by atoms with Crippen molar-refractivity contribution in [2.45, 2.75) is 42.9 Å². The number of nitrogens with one attached hydrogen (secondary N) is 2. The zero-order valence-corrected chi connectivity index (χ0v) is 13.5. The van der Waals surface area contributed by atoms with Gasteiger partial charge in [0.1, 0.15) is 0 Å². The fourth-order valence-corrected chi connectivity index (χ4v) is 3.71. The summed E-state index contributed by atoms with van der Waals surface area (Å²) in [5.74, 6) is 0. The molecule has 0 saturated carbocycles. The molecule has 0 spiro atoms. The average molecular weight is 359 g/mol. The Bertz CT molecular complexity index is 608. The highest BCUT2D eigenvalue weighted by Gasteiger charge is 2.32. The van der Waals surface area contributed by atoms with Crippen LogP contribution < -0.4 is 10.0 Å². The summed E-state index contributed by atoms with van der Waals surface area (Å²) >= 11 is 0. The predicted octanol–water partition coefficient (Wildman–Crippen LogP) is 2.55. The number of piperidine rings is 1. The average Bonchev–Trinajstić information content (AvgIpc) is 2.40. The largest absolute Gasteiger partial charge is 0.416 e. The van der Waals surface area contributed by atoms with Gasteiger partial charge in [-0.2, -0.15) is 13.2 Å². The second kappa shape index (κ2) is 7.16. The quantitative estimate of drug-likeness (QED) is 0.873. The van der Waals surface area contributed by atoms with E-state index in [0.717, 1.165) is 25.1 Å². The molecule has 1 aliphatic rings. The van der Waals surface area contributed by atoms with Gasteiger partial charge >= 0.3 is 6.18 Å². The molecule has 1 saturated heterocycles. The van der Waals surface area contributed by atoms with E-state index in [1.54, 1.807) is 0 Å². The third kappa shape index (κ3) is 4.58. The molecule has 0 radical (unpaired) electrons. The molecule has 2 unspecified atom stereocenters. The van der Waals surface area contributed by atoms with Crippen LogP contribution in [-0.4, -0.2) is 27.0 Å². The summed E-state index contributed by atoms with van der Waals surface area (Å²) in [6, 6.07) is 3.39. The van der Waals surface area contributed by atoms with Crippen LogP contribution in [0.1, 0.15) is 25.3 Å². The summed E-state index contributed by atoms with van der Waals surface area (Å²) in [5.41, 5.74) is -0.972. The molecular formula is C13H18ClF3N2O2S. The highest BCUT2D eigenvalue weighted by Crippen LogP contribution is 2.30. The van der Waals surface area contributed by atoms with Crippen molar-refractivity contribution in [3.8, 4) is 0 Å². The minimum Gasteiger partial charge on any atom is -0.313 e. The molecule has 1 aromatic rings. The van der Waals surface area contributed by atoms with Crippen molar-refractivity contribution < 1.29 is 21.6 Å². The zero-order valence-electron chi connectivity index (χ0n) is 11.9. The minimum absolute atomic E-state index is 0. The molecule has 22 heavy (non-hydrogen) atoms. The molecule has 4 nitrogen and oxygen atoms in total. The molecule has 0 aromatic heterocycles. The topological polar surface area (TPSA) is 58.2 Å². The first kappa shape index (κ1) is 19.2. The maximum Gasteiger partial charge on any atom is 0.416 e. The predicted molar refractivity (Wildman–Crippen MR) is 79.5 cm³/mol. The zero-order chi connectivity index (χ0) is 15.7. The highest BCUT2D eigenvalue weighted by atomic mass is 35.5. The first-order valence-corrected chi connectivity index (χ1v) is 8.11. The molecule has 126 valence electrons. The van der Waals surface area contributed by atoms with E-state index in [2.05, 4.69) is 10.0 Å². The minimum atomic E-state index is -4.56. The third-order valence-corrected chi connectivity index (χ3v) is 5.03. The Kier molecular flexibility index (Phi) is 6.26. The maximum absolute atomic E-state index is 12.7. The summed E-state index contributed by atoms with van der Waals surface area (Å²) < 4.78 is 64.9. The van der Waals surface area contributed by atoms with Crippen LogP contribution in [0.15, 0.2) is 29.2 Å². The molecule has 2 rings (SSSR count). The second-order valence-electron chi connectivity index (χ2n) is 5.14. The van der Waals surface area contributed by atoms with Gasteiger partial charge in [0.2, 0.25) is 10.0 Å². The number of hydrogen-bond acceptors (Lipinski definition) is 3. The van der Waals surface area contributed by atoms with Crippen LogP contribution in [0.5, 0.6) is 0 Å². The van der Waals surface area contributed by atoms with Crippen LogP contribution in [0.3, 0.4) is 0 Å². The summed E-state index contributed by atoms with van der Waals surface area (Å²) in [4.78, 5) is -0.366. The Morgan fingerprint density at radius 2 is 2.00 bits per heavy atom. The van der Waals surface area contributed by atoms with Crippen molar-refractivity contribution in [3.05, 3.63) is 29.8 Å². The van der Waals surface area contributed by atoms with Crippen LogP contribution in [0.4, 0.5) is 13.2 Å². The molecule has 2 N–H and O–H groups in total. The molecule has 1 fully saturated rings. The summed E-state index contributed by atoms with van der Waals surface area (Å²) in [6.45, 7) is 2.65. The second-order valence-corrected chi connectivity index (χ2v) is 6.85. The van der Waals surface area contributed by atoms with E-state index in [9.17, 15) is 21.6 Å². The first-order valence-electron chi connectivity index (χ1n) is 6.63. The van der Waals surface area contributed by atoms with E-state index >= 15 is 0 Å². The van der Waals surface area contributed by atoms with E-state index in [-0.39, 0.29) is 29.4 Å². The highest BCUT2D eigenvalue weighted by molar-refractivity contribution is 7.89. The van der Waals surface area contributed by atoms with E-state index in [4.69, 9.17) is 0 Å². The van der Waals surface area contributed by atoms with Crippen molar-refractivity contribution in [1.29, 1.82) is 0 Å². The van der Waals surface area contributed by atoms with Gasteiger partial charge in [-0.25, -0.2) is 13.1 Å². The number of alkyl halides is 3. The lowest BCUT2D eigenvalue weighted by molar-refractivity contribution is -0.137. The van der Waals surface area contributed by atoms with Gasteiger partial charge in [-0.15, -0.1) is 12.4 Å². The van der Waals surface area contributed by atoms with Crippen LogP contribution in [0, 0.1) is 0 Å². The number of hydrogen-bond donors (Lipinski definition) is 2. The van der Waals surface area contributed by atoms with Crippen molar-refractivity contribution in [3.63, 3.8) is 0 Å². The van der Waals surface area contributed by atoms with Gasteiger partial charge in [-0.3, -0.25) is 0 Å². The van der Waals surface area contributed by atoms with Gasteiger partial charge in [0, 0.05) is 12.1 Å². The van der Waals surface area contributed by atoms with Gasteiger partial charge in [0.05, 0.1) is 10.5 Å². The fourth-order valence-electron chi connectivity index (χ4n) is 2.31. The molecule has 1 aliphatic heterocycles. The molecule has 9 heteroatoms. The van der Waals surface area contributed by atoms with Crippen molar-refractivity contribution in [2.75, 3.05) is 6.54 Å². The van der Waals surface area contributed by atoms with Crippen LogP contribution >= 0.6 is 12.4 Å².